The summed E-state index contributed by atoms with van der Waals surface area (Å²) in [6, 6.07) is 25.8. The first-order valence-corrected chi connectivity index (χ1v) is 8.83. The van der Waals surface area contributed by atoms with Gasteiger partial charge in [-0.15, -0.1) is 0 Å². The molecule has 3 aromatic rings. The van der Waals surface area contributed by atoms with E-state index in [9.17, 15) is 9.90 Å². The fourth-order valence-electron chi connectivity index (χ4n) is 2.79. The third kappa shape index (κ3) is 4.54. The maximum atomic E-state index is 12.3. The molecule has 138 valence electrons. The Balaban J connectivity index is 1.88. The van der Waals surface area contributed by atoms with Gasteiger partial charge < -0.3 is 14.6 Å². The van der Waals surface area contributed by atoms with Gasteiger partial charge in [-0.3, -0.25) is 0 Å². The Kier molecular flexibility index (Phi) is 5.89. The first-order valence-electron chi connectivity index (χ1n) is 8.83. The average Bonchev–Trinajstić information content (AvgIpc) is 2.70. The Morgan fingerprint density at radius 1 is 0.889 bits per heavy atom. The molecule has 0 aliphatic carbocycles. The summed E-state index contributed by atoms with van der Waals surface area (Å²) < 4.78 is 11.8. The lowest BCUT2D eigenvalue weighted by atomic mass is 10.1. The number of benzene rings is 3. The number of aliphatic carboxylic acids is 1. The number of hydrogen-bond acceptors (Lipinski definition) is 3. The Morgan fingerprint density at radius 3 is 2.07 bits per heavy atom. The minimum atomic E-state index is -1.91. The van der Waals surface area contributed by atoms with E-state index in [2.05, 4.69) is 0 Å². The van der Waals surface area contributed by atoms with Crippen molar-refractivity contribution in [3.8, 4) is 5.75 Å². The zero-order chi connectivity index (χ0) is 19.1. The monoisotopic (exact) mass is 362 g/mol. The summed E-state index contributed by atoms with van der Waals surface area (Å²) in [6.07, 6.45) is 0.583. The smallest absolute Gasteiger partial charge is 0.382 e. The molecule has 0 bridgehead atoms. The van der Waals surface area contributed by atoms with Crippen molar-refractivity contribution in [2.24, 2.45) is 0 Å². The largest absolute Gasteiger partial charge is 0.476 e. The van der Waals surface area contributed by atoms with Crippen LogP contribution >= 0.6 is 0 Å². The average molecular weight is 362 g/mol. The van der Waals surface area contributed by atoms with Gasteiger partial charge in [-0.05, 0) is 31.0 Å². The van der Waals surface area contributed by atoms with E-state index >= 15 is 0 Å². The van der Waals surface area contributed by atoms with Gasteiger partial charge in [-0.1, -0.05) is 78.4 Å². The van der Waals surface area contributed by atoms with Crippen LogP contribution in [0.4, 0.5) is 0 Å². The summed E-state index contributed by atoms with van der Waals surface area (Å²) >= 11 is 0. The molecular weight excluding hydrogens is 340 g/mol. The molecule has 0 heterocycles. The molecule has 0 saturated carbocycles. The molecule has 0 fully saturated rings. The number of ether oxygens (including phenoxy) is 2. The molecule has 27 heavy (non-hydrogen) atoms. The van der Waals surface area contributed by atoms with Gasteiger partial charge in [0.1, 0.15) is 5.75 Å². The normalized spacial score (nSPS) is 12.9. The van der Waals surface area contributed by atoms with Crippen molar-refractivity contribution in [2.75, 3.05) is 6.61 Å². The number of aryl methyl sites for hydroxylation is 1. The highest BCUT2D eigenvalue weighted by Gasteiger charge is 2.45. The first-order chi connectivity index (χ1) is 13.1. The second-order valence-electron chi connectivity index (χ2n) is 6.29. The molecule has 0 radical (unpaired) electrons. The minimum absolute atomic E-state index is 0.205. The van der Waals surface area contributed by atoms with Crippen LogP contribution in [0.15, 0.2) is 84.9 Å². The molecule has 3 aromatic carbocycles. The van der Waals surface area contributed by atoms with Crippen LogP contribution in [-0.4, -0.2) is 17.7 Å². The lowest BCUT2D eigenvalue weighted by molar-refractivity contribution is -0.217. The Labute approximate surface area is 159 Å². The lowest BCUT2D eigenvalue weighted by Gasteiger charge is -2.30. The Morgan fingerprint density at radius 2 is 1.48 bits per heavy atom. The van der Waals surface area contributed by atoms with Crippen molar-refractivity contribution in [2.45, 2.75) is 19.1 Å². The molecule has 0 saturated heterocycles. The topological polar surface area (TPSA) is 55.8 Å². The molecule has 0 spiro atoms. The van der Waals surface area contributed by atoms with E-state index in [0.717, 1.165) is 11.1 Å². The lowest BCUT2D eigenvalue weighted by Crippen LogP contribution is -2.45. The SMILES string of the molecule is Cc1ccc(OC(OCCc2ccccc2)(C(=O)O)c2ccccc2)cc1. The van der Waals surface area contributed by atoms with Crippen LogP contribution in [0.3, 0.4) is 0 Å². The maximum Gasteiger partial charge on any atom is 0.382 e. The van der Waals surface area contributed by atoms with Gasteiger partial charge in [0, 0.05) is 5.56 Å². The number of carboxylic acids is 1. The van der Waals surface area contributed by atoms with E-state index in [-0.39, 0.29) is 6.61 Å². The van der Waals surface area contributed by atoms with Crippen molar-refractivity contribution in [3.63, 3.8) is 0 Å². The van der Waals surface area contributed by atoms with Crippen LogP contribution in [0, 0.1) is 6.92 Å². The third-order valence-corrected chi connectivity index (χ3v) is 4.26. The highest BCUT2D eigenvalue weighted by Crippen LogP contribution is 2.31. The summed E-state index contributed by atoms with van der Waals surface area (Å²) in [5.41, 5.74) is 2.57. The van der Waals surface area contributed by atoms with E-state index in [1.54, 1.807) is 36.4 Å². The van der Waals surface area contributed by atoms with Gasteiger partial charge in [0.05, 0.1) is 6.61 Å². The van der Waals surface area contributed by atoms with Crippen LogP contribution in [0.5, 0.6) is 5.75 Å². The van der Waals surface area contributed by atoms with E-state index in [4.69, 9.17) is 9.47 Å². The summed E-state index contributed by atoms with van der Waals surface area (Å²) in [4.78, 5) is 12.3. The Hall–Kier alpha value is -3.11. The van der Waals surface area contributed by atoms with Gasteiger partial charge in [0.2, 0.25) is 0 Å². The molecule has 0 aliphatic rings. The molecular formula is C23H22O4. The molecule has 4 nitrogen and oxygen atoms in total. The third-order valence-electron chi connectivity index (χ3n) is 4.26. The molecule has 0 aromatic heterocycles. The van der Waals surface area contributed by atoms with Crippen molar-refractivity contribution in [1.82, 2.24) is 0 Å². The van der Waals surface area contributed by atoms with Crippen LogP contribution in [-0.2, 0) is 21.7 Å². The molecule has 4 heteroatoms. The molecule has 0 amide bonds. The number of carboxylic acid groups (broad SMARTS) is 1. The fraction of sp³-hybridized carbons (Fsp3) is 0.174. The van der Waals surface area contributed by atoms with Crippen molar-refractivity contribution in [3.05, 3.63) is 102 Å². The number of hydrogen-bond donors (Lipinski definition) is 1. The van der Waals surface area contributed by atoms with Crippen LogP contribution in [0.2, 0.25) is 0 Å². The van der Waals surface area contributed by atoms with Crippen LogP contribution in [0.1, 0.15) is 16.7 Å². The van der Waals surface area contributed by atoms with Crippen LogP contribution < -0.4 is 4.74 Å². The van der Waals surface area contributed by atoms with Gasteiger partial charge in [-0.25, -0.2) is 4.79 Å². The molecule has 3 rings (SSSR count). The molecule has 1 atom stereocenters. The summed E-state index contributed by atoms with van der Waals surface area (Å²) in [5.74, 6) is -2.67. The standard InChI is InChI=1S/C23H22O4/c1-18-12-14-21(15-13-18)27-23(22(24)25,20-10-6-3-7-11-20)26-17-16-19-8-4-2-5-9-19/h2-15H,16-17H2,1H3,(H,24,25). The predicted molar refractivity (Wildman–Crippen MR) is 104 cm³/mol. The van der Waals surface area contributed by atoms with E-state index in [1.165, 1.54) is 0 Å². The molecule has 1 N–H and O–H groups in total. The van der Waals surface area contributed by atoms with Crippen molar-refractivity contribution >= 4 is 5.97 Å². The predicted octanol–water partition coefficient (Wildman–Crippen LogP) is 4.57. The van der Waals surface area contributed by atoms with Gasteiger partial charge >= 0.3 is 11.8 Å². The molecule has 0 aliphatic heterocycles. The highest BCUT2D eigenvalue weighted by atomic mass is 16.7. The zero-order valence-electron chi connectivity index (χ0n) is 15.2. The Bertz CT molecular complexity index is 860. The first kappa shape index (κ1) is 18.7. The van der Waals surface area contributed by atoms with E-state index in [1.807, 2.05) is 55.5 Å². The summed E-state index contributed by atoms with van der Waals surface area (Å²) in [6.45, 7) is 2.17. The second-order valence-corrected chi connectivity index (χ2v) is 6.29. The number of carbonyl (C=O) groups is 1. The highest BCUT2D eigenvalue weighted by molar-refractivity contribution is 5.78. The van der Waals surface area contributed by atoms with Gasteiger partial charge in [-0.2, -0.15) is 0 Å². The summed E-state index contributed by atoms with van der Waals surface area (Å²) in [5, 5.41) is 10.0. The quantitative estimate of drug-likeness (QED) is 0.596. The minimum Gasteiger partial charge on any atom is -0.476 e. The zero-order valence-corrected chi connectivity index (χ0v) is 15.2. The van der Waals surface area contributed by atoms with E-state index in [0.29, 0.717) is 17.7 Å². The van der Waals surface area contributed by atoms with Gasteiger partial charge in [0.15, 0.2) is 0 Å². The van der Waals surface area contributed by atoms with Crippen LogP contribution in [0.25, 0.3) is 0 Å². The fourth-order valence-corrected chi connectivity index (χ4v) is 2.79. The maximum absolute atomic E-state index is 12.3. The van der Waals surface area contributed by atoms with E-state index < -0.39 is 11.8 Å². The van der Waals surface area contributed by atoms with Gasteiger partial charge in [0.25, 0.3) is 0 Å². The molecule has 1 unspecified atom stereocenters. The van der Waals surface area contributed by atoms with Crippen molar-refractivity contribution in [1.29, 1.82) is 0 Å². The number of rotatable bonds is 8. The summed E-state index contributed by atoms with van der Waals surface area (Å²) in [7, 11) is 0. The second kappa shape index (κ2) is 8.52. The van der Waals surface area contributed by atoms with Crippen molar-refractivity contribution < 1.29 is 19.4 Å².